The van der Waals surface area contributed by atoms with Crippen molar-refractivity contribution in [3.8, 4) is 0 Å². The number of carbonyl (C=O) groups is 1. The van der Waals surface area contributed by atoms with E-state index in [1.165, 1.54) is 25.7 Å². The molecule has 1 saturated carbocycles. The fourth-order valence-electron chi connectivity index (χ4n) is 2.92. The second kappa shape index (κ2) is 3.79. The zero-order valence-corrected chi connectivity index (χ0v) is 8.84. The fourth-order valence-corrected chi connectivity index (χ4v) is 2.92. The van der Waals surface area contributed by atoms with Gasteiger partial charge in [0.25, 0.3) is 0 Å². The molecule has 1 heterocycles. The van der Waals surface area contributed by atoms with Crippen LogP contribution in [0.5, 0.6) is 0 Å². The molecule has 80 valence electrons. The van der Waals surface area contributed by atoms with Crippen molar-refractivity contribution >= 4 is 6.09 Å². The third kappa shape index (κ3) is 1.60. The van der Waals surface area contributed by atoms with Crippen LogP contribution in [0.15, 0.2) is 0 Å². The van der Waals surface area contributed by atoms with Gasteiger partial charge in [0.05, 0.1) is 6.54 Å². The topological polar surface area (TPSA) is 38.3 Å². The fraction of sp³-hybridized carbons (Fsp3) is 0.909. The van der Waals surface area contributed by atoms with Crippen LogP contribution in [0.1, 0.15) is 45.4 Å². The van der Waals surface area contributed by atoms with Crippen molar-refractivity contribution < 1.29 is 9.53 Å². The van der Waals surface area contributed by atoms with Gasteiger partial charge >= 0.3 is 6.09 Å². The Kier molecular flexibility index (Phi) is 2.66. The summed E-state index contributed by atoms with van der Waals surface area (Å²) in [7, 11) is 0. The summed E-state index contributed by atoms with van der Waals surface area (Å²) in [5, 5.41) is 2.81. The summed E-state index contributed by atoms with van der Waals surface area (Å²) in [6.45, 7) is 2.88. The smallest absolute Gasteiger partial charge is 0.407 e. The highest BCUT2D eigenvalue weighted by Gasteiger charge is 2.46. The maximum Gasteiger partial charge on any atom is 0.407 e. The number of rotatable bonds is 3. The summed E-state index contributed by atoms with van der Waals surface area (Å²) in [5.41, 5.74) is -0.164. The van der Waals surface area contributed by atoms with Crippen molar-refractivity contribution in [1.29, 1.82) is 0 Å². The Morgan fingerprint density at radius 3 is 2.71 bits per heavy atom. The molecule has 1 amide bonds. The normalized spacial score (nSPS) is 33.1. The van der Waals surface area contributed by atoms with E-state index in [1.807, 2.05) is 0 Å². The third-order valence-corrected chi connectivity index (χ3v) is 3.60. The molecule has 0 aromatic carbocycles. The average Bonchev–Trinajstić information content (AvgIpc) is 2.75. The van der Waals surface area contributed by atoms with Crippen LogP contribution in [0, 0.1) is 5.92 Å². The zero-order chi connectivity index (χ0) is 10.0. The first-order chi connectivity index (χ1) is 6.77. The first kappa shape index (κ1) is 9.81. The van der Waals surface area contributed by atoms with Gasteiger partial charge in [-0.3, -0.25) is 0 Å². The van der Waals surface area contributed by atoms with Crippen LogP contribution in [0.2, 0.25) is 0 Å². The molecule has 1 atom stereocenters. The van der Waals surface area contributed by atoms with Gasteiger partial charge in [-0.25, -0.2) is 4.79 Å². The highest BCUT2D eigenvalue weighted by Crippen LogP contribution is 2.40. The summed E-state index contributed by atoms with van der Waals surface area (Å²) in [6.07, 6.45) is 6.94. The summed E-state index contributed by atoms with van der Waals surface area (Å²) >= 11 is 0. The van der Waals surface area contributed by atoms with Crippen LogP contribution in [0.4, 0.5) is 4.79 Å². The molecule has 0 radical (unpaired) electrons. The Balaban J connectivity index is 2.08. The van der Waals surface area contributed by atoms with Gasteiger partial charge < -0.3 is 10.1 Å². The van der Waals surface area contributed by atoms with E-state index in [0.717, 1.165) is 19.4 Å². The Morgan fingerprint density at radius 1 is 1.50 bits per heavy atom. The SMILES string of the molecule is CCCC1(C2CCCC2)CNC(=O)O1. The van der Waals surface area contributed by atoms with Crippen LogP contribution >= 0.6 is 0 Å². The number of carbonyl (C=O) groups excluding carboxylic acids is 1. The predicted octanol–water partition coefficient (Wildman–Crippen LogP) is 2.46. The van der Waals surface area contributed by atoms with E-state index in [9.17, 15) is 4.79 Å². The van der Waals surface area contributed by atoms with Crippen LogP contribution in [-0.4, -0.2) is 18.2 Å². The number of cyclic esters (lactones) is 1. The van der Waals surface area contributed by atoms with Crippen molar-refractivity contribution in [2.45, 2.75) is 51.0 Å². The molecule has 2 rings (SSSR count). The number of nitrogens with one attached hydrogen (secondary N) is 1. The molecule has 2 aliphatic rings. The van der Waals surface area contributed by atoms with E-state index in [0.29, 0.717) is 5.92 Å². The van der Waals surface area contributed by atoms with E-state index in [4.69, 9.17) is 4.74 Å². The van der Waals surface area contributed by atoms with Crippen molar-refractivity contribution in [2.24, 2.45) is 5.92 Å². The highest BCUT2D eigenvalue weighted by atomic mass is 16.6. The Labute approximate surface area is 85.2 Å². The maximum absolute atomic E-state index is 11.2. The van der Waals surface area contributed by atoms with Gasteiger partial charge in [0.2, 0.25) is 0 Å². The molecule has 0 spiro atoms. The van der Waals surface area contributed by atoms with Crippen LogP contribution in [0.3, 0.4) is 0 Å². The van der Waals surface area contributed by atoms with Gasteiger partial charge in [-0.2, -0.15) is 0 Å². The first-order valence-corrected chi connectivity index (χ1v) is 5.74. The molecule has 0 bridgehead atoms. The number of hydrogen-bond acceptors (Lipinski definition) is 2. The van der Waals surface area contributed by atoms with Gasteiger partial charge in [0, 0.05) is 5.92 Å². The minimum Gasteiger partial charge on any atom is -0.441 e. The summed E-state index contributed by atoms with van der Waals surface area (Å²) in [5.74, 6) is 0.599. The van der Waals surface area contributed by atoms with E-state index in [-0.39, 0.29) is 11.7 Å². The lowest BCUT2D eigenvalue weighted by Crippen LogP contribution is -2.40. The molecule has 1 aliphatic carbocycles. The molecule has 1 aliphatic heterocycles. The zero-order valence-electron chi connectivity index (χ0n) is 8.84. The Morgan fingerprint density at radius 2 is 2.21 bits per heavy atom. The van der Waals surface area contributed by atoms with Crippen molar-refractivity contribution in [2.75, 3.05) is 6.54 Å². The van der Waals surface area contributed by atoms with Crippen LogP contribution in [0.25, 0.3) is 0 Å². The lowest BCUT2D eigenvalue weighted by molar-refractivity contribution is 0.000340. The second-order valence-electron chi connectivity index (χ2n) is 4.54. The van der Waals surface area contributed by atoms with Gasteiger partial charge in [-0.05, 0) is 19.3 Å². The Bertz CT molecular complexity index is 223. The molecule has 3 nitrogen and oxygen atoms in total. The highest BCUT2D eigenvalue weighted by molar-refractivity contribution is 5.70. The second-order valence-corrected chi connectivity index (χ2v) is 4.54. The molecular weight excluding hydrogens is 178 g/mol. The number of hydrogen-bond donors (Lipinski definition) is 1. The van der Waals surface area contributed by atoms with Crippen molar-refractivity contribution in [1.82, 2.24) is 5.32 Å². The van der Waals surface area contributed by atoms with Gasteiger partial charge in [0.15, 0.2) is 0 Å². The average molecular weight is 197 g/mol. The summed E-state index contributed by atoms with van der Waals surface area (Å²) < 4.78 is 5.52. The van der Waals surface area contributed by atoms with E-state index in [2.05, 4.69) is 12.2 Å². The lowest BCUT2D eigenvalue weighted by atomic mass is 9.82. The molecule has 1 N–H and O–H groups in total. The van der Waals surface area contributed by atoms with E-state index >= 15 is 0 Å². The monoisotopic (exact) mass is 197 g/mol. The molecule has 0 aromatic heterocycles. The quantitative estimate of drug-likeness (QED) is 0.754. The minimum atomic E-state index is -0.217. The van der Waals surface area contributed by atoms with Gasteiger partial charge in [0.1, 0.15) is 5.60 Å². The van der Waals surface area contributed by atoms with Crippen molar-refractivity contribution in [3.63, 3.8) is 0 Å². The molecular formula is C11H19NO2. The maximum atomic E-state index is 11.2. The Hall–Kier alpha value is -0.730. The van der Waals surface area contributed by atoms with Crippen LogP contribution in [-0.2, 0) is 4.74 Å². The third-order valence-electron chi connectivity index (χ3n) is 3.60. The lowest BCUT2D eigenvalue weighted by Gasteiger charge is -2.32. The largest absolute Gasteiger partial charge is 0.441 e. The molecule has 0 aromatic rings. The van der Waals surface area contributed by atoms with Crippen molar-refractivity contribution in [3.05, 3.63) is 0 Å². The number of alkyl carbamates (subject to hydrolysis) is 1. The first-order valence-electron chi connectivity index (χ1n) is 5.74. The standard InChI is InChI=1S/C11H19NO2/c1-2-7-11(8-12-10(13)14-11)9-5-3-4-6-9/h9H,2-8H2,1H3,(H,12,13). The molecule has 14 heavy (non-hydrogen) atoms. The minimum absolute atomic E-state index is 0.164. The number of amides is 1. The molecule has 2 fully saturated rings. The molecule has 1 unspecified atom stereocenters. The van der Waals surface area contributed by atoms with Crippen LogP contribution < -0.4 is 5.32 Å². The number of ether oxygens (including phenoxy) is 1. The summed E-state index contributed by atoms with van der Waals surface area (Å²) in [6, 6.07) is 0. The molecule has 1 saturated heterocycles. The van der Waals surface area contributed by atoms with E-state index < -0.39 is 0 Å². The summed E-state index contributed by atoms with van der Waals surface area (Å²) in [4.78, 5) is 11.2. The van der Waals surface area contributed by atoms with E-state index in [1.54, 1.807) is 0 Å². The van der Waals surface area contributed by atoms with Gasteiger partial charge in [-0.1, -0.05) is 26.2 Å². The molecule has 3 heteroatoms. The van der Waals surface area contributed by atoms with Gasteiger partial charge in [-0.15, -0.1) is 0 Å². The predicted molar refractivity (Wildman–Crippen MR) is 54.1 cm³/mol.